The summed E-state index contributed by atoms with van der Waals surface area (Å²) in [5, 5.41) is 3.01. The average molecular weight is 391 g/mol. The maximum absolute atomic E-state index is 12.1. The number of hydrogen-bond donors (Lipinski definition) is 1. The number of nitrogens with zero attached hydrogens (tertiary/aromatic N) is 1. The van der Waals surface area contributed by atoms with Crippen LogP contribution in [-0.4, -0.2) is 17.4 Å². The first kappa shape index (κ1) is 20.8. The van der Waals surface area contributed by atoms with Gasteiger partial charge in [-0.05, 0) is 62.8 Å². The largest absolute Gasteiger partial charge is 0.441 e. The molecule has 0 aliphatic rings. The zero-order valence-corrected chi connectivity index (χ0v) is 17.6. The second kappa shape index (κ2) is 10.1. The fourth-order valence-electron chi connectivity index (χ4n) is 3.27. The van der Waals surface area contributed by atoms with Crippen molar-refractivity contribution >= 4 is 5.91 Å². The minimum absolute atomic E-state index is 0.0913. The van der Waals surface area contributed by atoms with E-state index in [-0.39, 0.29) is 5.91 Å². The number of aromatic nitrogens is 1. The summed E-state index contributed by atoms with van der Waals surface area (Å²) in [6.07, 6.45) is 3.88. The van der Waals surface area contributed by atoms with Crippen molar-refractivity contribution in [2.24, 2.45) is 0 Å². The number of nitrogens with one attached hydrogen (secondary N) is 1. The first-order valence-electron chi connectivity index (χ1n) is 10.4. The van der Waals surface area contributed by atoms with Crippen molar-refractivity contribution in [1.29, 1.82) is 0 Å². The lowest BCUT2D eigenvalue weighted by Gasteiger charge is -2.05. The van der Waals surface area contributed by atoms with Gasteiger partial charge in [-0.2, -0.15) is 0 Å². The van der Waals surface area contributed by atoms with E-state index in [9.17, 15) is 4.79 Å². The molecule has 0 aliphatic carbocycles. The van der Waals surface area contributed by atoms with Crippen LogP contribution in [0.4, 0.5) is 0 Å². The van der Waals surface area contributed by atoms with E-state index in [1.54, 1.807) is 0 Å². The number of rotatable bonds is 9. The van der Waals surface area contributed by atoms with Crippen molar-refractivity contribution in [3.8, 4) is 11.5 Å². The lowest BCUT2D eigenvalue weighted by atomic mass is 10.1. The number of aryl methyl sites for hydroxylation is 4. The first-order chi connectivity index (χ1) is 14.0. The Morgan fingerprint density at radius 3 is 2.34 bits per heavy atom. The quantitative estimate of drug-likeness (QED) is 0.546. The molecule has 3 rings (SSSR count). The third kappa shape index (κ3) is 6.05. The minimum atomic E-state index is 0.0913. The average Bonchev–Trinajstić information content (AvgIpc) is 3.10. The van der Waals surface area contributed by atoms with Gasteiger partial charge in [0.25, 0.3) is 0 Å². The first-order valence-corrected chi connectivity index (χ1v) is 10.4. The molecule has 4 nitrogen and oxygen atoms in total. The molecular formula is C25H30N2O2. The van der Waals surface area contributed by atoms with Gasteiger partial charge in [-0.15, -0.1) is 0 Å². The summed E-state index contributed by atoms with van der Waals surface area (Å²) in [4.78, 5) is 16.7. The number of amides is 1. The maximum atomic E-state index is 12.1. The zero-order chi connectivity index (χ0) is 20.6. The molecule has 2 aromatic carbocycles. The Bertz CT molecular complexity index is 924. The molecule has 0 saturated carbocycles. The molecule has 1 heterocycles. The predicted molar refractivity (Wildman–Crippen MR) is 117 cm³/mol. The monoisotopic (exact) mass is 390 g/mol. The van der Waals surface area contributed by atoms with Gasteiger partial charge in [0.05, 0.1) is 5.69 Å². The lowest BCUT2D eigenvalue weighted by molar-refractivity contribution is -0.121. The van der Waals surface area contributed by atoms with Gasteiger partial charge in [-0.1, -0.05) is 48.9 Å². The number of benzene rings is 2. The van der Waals surface area contributed by atoms with E-state index < -0.39 is 0 Å². The Hall–Kier alpha value is -2.88. The second-order valence-corrected chi connectivity index (χ2v) is 7.51. The molecule has 29 heavy (non-hydrogen) atoms. The van der Waals surface area contributed by atoms with Crippen LogP contribution in [0.25, 0.3) is 11.5 Å². The van der Waals surface area contributed by atoms with Gasteiger partial charge in [0.15, 0.2) is 0 Å². The Labute approximate surface area is 173 Å². The van der Waals surface area contributed by atoms with Gasteiger partial charge in [-0.25, -0.2) is 4.98 Å². The van der Waals surface area contributed by atoms with Crippen LogP contribution in [0, 0.1) is 13.8 Å². The highest BCUT2D eigenvalue weighted by atomic mass is 16.4. The van der Waals surface area contributed by atoms with Crippen LogP contribution in [0.2, 0.25) is 0 Å². The van der Waals surface area contributed by atoms with Crippen molar-refractivity contribution in [2.75, 3.05) is 6.54 Å². The van der Waals surface area contributed by atoms with Crippen LogP contribution >= 0.6 is 0 Å². The Balaban J connectivity index is 1.43. The summed E-state index contributed by atoms with van der Waals surface area (Å²) in [5.74, 6) is 1.58. The number of carbonyl (C=O) groups excluding carboxylic acids is 1. The SMILES string of the molecule is CCc1ccc(-c2nc(CCCC(=O)NCCc3ccc(C)cc3)c(C)o2)cc1. The van der Waals surface area contributed by atoms with Gasteiger partial charge in [-0.3, -0.25) is 4.79 Å². The second-order valence-electron chi connectivity index (χ2n) is 7.51. The fraction of sp³-hybridized carbons (Fsp3) is 0.360. The summed E-state index contributed by atoms with van der Waals surface area (Å²) >= 11 is 0. The summed E-state index contributed by atoms with van der Waals surface area (Å²) in [7, 11) is 0. The molecule has 3 aromatic rings. The fourth-order valence-corrected chi connectivity index (χ4v) is 3.27. The normalized spacial score (nSPS) is 10.9. The van der Waals surface area contributed by atoms with Crippen molar-refractivity contribution in [3.63, 3.8) is 0 Å². The highest BCUT2D eigenvalue weighted by Gasteiger charge is 2.12. The highest BCUT2D eigenvalue weighted by molar-refractivity contribution is 5.75. The zero-order valence-electron chi connectivity index (χ0n) is 17.6. The molecule has 0 saturated heterocycles. The van der Waals surface area contributed by atoms with E-state index in [1.165, 1.54) is 16.7 Å². The molecule has 0 fully saturated rings. The van der Waals surface area contributed by atoms with Crippen molar-refractivity contribution in [3.05, 3.63) is 76.7 Å². The third-order valence-corrected chi connectivity index (χ3v) is 5.18. The molecule has 1 N–H and O–H groups in total. The van der Waals surface area contributed by atoms with E-state index in [0.717, 1.165) is 42.7 Å². The summed E-state index contributed by atoms with van der Waals surface area (Å²) in [6.45, 7) is 6.82. The number of hydrogen-bond acceptors (Lipinski definition) is 3. The Morgan fingerprint density at radius 2 is 1.66 bits per heavy atom. The van der Waals surface area contributed by atoms with E-state index in [0.29, 0.717) is 18.9 Å². The lowest BCUT2D eigenvalue weighted by Crippen LogP contribution is -2.25. The molecule has 1 aromatic heterocycles. The number of oxazole rings is 1. The van der Waals surface area contributed by atoms with Crippen molar-refractivity contribution < 1.29 is 9.21 Å². The summed E-state index contributed by atoms with van der Waals surface area (Å²) in [6, 6.07) is 16.7. The van der Waals surface area contributed by atoms with E-state index >= 15 is 0 Å². The molecule has 152 valence electrons. The predicted octanol–water partition coefficient (Wildman–Crippen LogP) is 5.20. The minimum Gasteiger partial charge on any atom is -0.441 e. The molecule has 0 atom stereocenters. The van der Waals surface area contributed by atoms with Gasteiger partial charge in [0, 0.05) is 18.5 Å². The van der Waals surface area contributed by atoms with Gasteiger partial charge in [0.1, 0.15) is 5.76 Å². The van der Waals surface area contributed by atoms with Crippen LogP contribution in [0.15, 0.2) is 52.9 Å². The third-order valence-electron chi connectivity index (χ3n) is 5.18. The van der Waals surface area contributed by atoms with Gasteiger partial charge in [0.2, 0.25) is 11.8 Å². The van der Waals surface area contributed by atoms with Crippen LogP contribution in [0.5, 0.6) is 0 Å². The van der Waals surface area contributed by atoms with Crippen LogP contribution in [0.3, 0.4) is 0 Å². The van der Waals surface area contributed by atoms with Crippen LogP contribution in [-0.2, 0) is 24.1 Å². The summed E-state index contributed by atoms with van der Waals surface area (Å²) < 4.78 is 5.84. The van der Waals surface area contributed by atoms with Gasteiger partial charge >= 0.3 is 0 Å². The molecule has 0 spiro atoms. The summed E-state index contributed by atoms with van der Waals surface area (Å²) in [5.41, 5.74) is 5.72. The van der Waals surface area contributed by atoms with Crippen molar-refractivity contribution in [2.45, 2.75) is 52.9 Å². The smallest absolute Gasteiger partial charge is 0.226 e. The molecule has 4 heteroatoms. The van der Waals surface area contributed by atoms with Crippen molar-refractivity contribution in [1.82, 2.24) is 10.3 Å². The highest BCUT2D eigenvalue weighted by Crippen LogP contribution is 2.23. The Morgan fingerprint density at radius 1 is 0.966 bits per heavy atom. The Kier molecular flexibility index (Phi) is 7.23. The van der Waals surface area contributed by atoms with Gasteiger partial charge < -0.3 is 9.73 Å². The maximum Gasteiger partial charge on any atom is 0.226 e. The molecule has 0 radical (unpaired) electrons. The molecule has 0 aliphatic heterocycles. The molecule has 1 amide bonds. The van der Waals surface area contributed by atoms with Crippen LogP contribution < -0.4 is 5.32 Å². The van der Waals surface area contributed by atoms with E-state index in [1.807, 2.05) is 6.92 Å². The molecule has 0 bridgehead atoms. The molecule has 0 unspecified atom stereocenters. The topological polar surface area (TPSA) is 55.1 Å². The van der Waals surface area contributed by atoms with Crippen LogP contribution in [0.1, 0.15) is 47.9 Å². The molecular weight excluding hydrogens is 360 g/mol. The number of carbonyl (C=O) groups is 1. The standard InChI is InChI=1S/C25H30N2O2/c1-4-20-12-14-22(15-13-20)25-27-23(19(3)29-25)6-5-7-24(28)26-17-16-21-10-8-18(2)9-11-21/h8-15H,4-7,16-17H2,1-3H3,(H,26,28). The van der Waals surface area contributed by atoms with E-state index in [2.05, 4.69) is 72.7 Å². The van der Waals surface area contributed by atoms with E-state index in [4.69, 9.17) is 4.42 Å².